The average Bonchev–Trinajstić information content (AvgIpc) is 2.90. The molecule has 8 nitrogen and oxygen atoms in total. The summed E-state index contributed by atoms with van der Waals surface area (Å²) in [6.07, 6.45) is 6.18. The molecule has 0 saturated carbocycles. The summed E-state index contributed by atoms with van der Waals surface area (Å²) >= 11 is 0. The number of anilines is 1. The van der Waals surface area contributed by atoms with E-state index in [9.17, 15) is 4.79 Å². The van der Waals surface area contributed by atoms with Crippen molar-refractivity contribution in [2.45, 2.75) is 25.3 Å². The summed E-state index contributed by atoms with van der Waals surface area (Å²) < 4.78 is 1.70. The largest absolute Gasteiger partial charge is 0.358 e. The molecule has 25 heavy (non-hydrogen) atoms. The highest BCUT2D eigenvalue weighted by Crippen LogP contribution is 2.25. The SMILES string of the molecule is Cn1ncc2c(N[C@H]3CCCCNC3=O)nc(-c3ccccn3)nc21. The molecule has 0 aromatic carbocycles. The molecule has 1 fully saturated rings. The van der Waals surface area contributed by atoms with Crippen molar-refractivity contribution in [1.82, 2.24) is 30.0 Å². The fourth-order valence-electron chi connectivity index (χ4n) is 2.98. The standard InChI is InChI=1S/C17H19N7O/c1-24-16-11(10-20-24)14(21-13-7-3-5-9-19-17(13)25)22-15(23-16)12-6-2-4-8-18-12/h2,4,6,8,10,13H,3,5,7,9H2,1H3,(H,19,25)(H,21,22,23)/t13-/m0/s1. The lowest BCUT2D eigenvalue weighted by molar-refractivity contribution is -0.121. The number of carbonyl (C=O) groups is 1. The number of aryl methyl sites for hydroxylation is 1. The number of carbonyl (C=O) groups excluding carboxylic acids is 1. The van der Waals surface area contributed by atoms with Crippen LogP contribution in [0.25, 0.3) is 22.6 Å². The minimum absolute atomic E-state index is 0.00698. The van der Waals surface area contributed by atoms with Crippen molar-refractivity contribution in [1.29, 1.82) is 0 Å². The first-order valence-corrected chi connectivity index (χ1v) is 8.38. The normalized spacial score (nSPS) is 18.0. The smallest absolute Gasteiger partial charge is 0.242 e. The molecule has 1 aliphatic heterocycles. The van der Waals surface area contributed by atoms with Crippen LogP contribution in [-0.2, 0) is 11.8 Å². The number of aromatic nitrogens is 5. The lowest BCUT2D eigenvalue weighted by Gasteiger charge is -2.16. The number of pyridine rings is 1. The molecule has 0 spiro atoms. The molecule has 1 atom stereocenters. The van der Waals surface area contributed by atoms with E-state index in [0.717, 1.165) is 31.2 Å². The zero-order chi connectivity index (χ0) is 17.2. The topological polar surface area (TPSA) is 97.6 Å². The highest BCUT2D eigenvalue weighted by molar-refractivity contribution is 5.91. The number of hydrogen-bond donors (Lipinski definition) is 2. The Morgan fingerprint density at radius 2 is 2.20 bits per heavy atom. The number of nitrogens with zero attached hydrogens (tertiary/aromatic N) is 5. The second-order valence-electron chi connectivity index (χ2n) is 6.10. The van der Waals surface area contributed by atoms with Gasteiger partial charge in [0.1, 0.15) is 17.6 Å². The van der Waals surface area contributed by atoms with Gasteiger partial charge in [-0.2, -0.15) is 5.10 Å². The number of fused-ring (bicyclic) bond motifs is 1. The Bertz CT molecular complexity index is 906. The van der Waals surface area contributed by atoms with Crippen molar-refractivity contribution >= 4 is 22.8 Å². The van der Waals surface area contributed by atoms with Gasteiger partial charge in [0.25, 0.3) is 0 Å². The number of amides is 1. The van der Waals surface area contributed by atoms with Crippen LogP contribution in [0.1, 0.15) is 19.3 Å². The zero-order valence-electron chi connectivity index (χ0n) is 13.9. The third-order valence-corrected chi connectivity index (χ3v) is 4.33. The fraction of sp³-hybridized carbons (Fsp3) is 0.353. The van der Waals surface area contributed by atoms with Gasteiger partial charge >= 0.3 is 0 Å². The van der Waals surface area contributed by atoms with E-state index < -0.39 is 0 Å². The Morgan fingerprint density at radius 1 is 1.28 bits per heavy atom. The number of nitrogens with one attached hydrogen (secondary N) is 2. The van der Waals surface area contributed by atoms with Crippen LogP contribution in [0.3, 0.4) is 0 Å². The molecule has 4 heterocycles. The molecule has 0 radical (unpaired) electrons. The van der Waals surface area contributed by atoms with E-state index in [1.807, 2.05) is 25.2 Å². The number of hydrogen-bond acceptors (Lipinski definition) is 6. The van der Waals surface area contributed by atoms with Crippen molar-refractivity contribution in [2.24, 2.45) is 7.05 Å². The molecule has 1 aliphatic rings. The van der Waals surface area contributed by atoms with Crippen molar-refractivity contribution in [3.63, 3.8) is 0 Å². The van der Waals surface area contributed by atoms with E-state index in [-0.39, 0.29) is 11.9 Å². The van der Waals surface area contributed by atoms with Crippen LogP contribution < -0.4 is 10.6 Å². The van der Waals surface area contributed by atoms with Gasteiger partial charge in [-0.05, 0) is 31.4 Å². The van der Waals surface area contributed by atoms with Gasteiger partial charge < -0.3 is 10.6 Å². The summed E-state index contributed by atoms with van der Waals surface area (Å²) in [4.78, 5) is 25.8. The summed E-state index contributed by atoms with van der Waals surface area (Å²) in [5.41, 5.74) is 1.38. The fourth-order valence-corrected chi connectivity index (χ4v) is 2.98. The molecule has 2 N–H and O–H groups in total. The molecule has 0 aliphatic carbocycles. The molecule has 128 valence electrons. The highest BCUT2D eigenvalue weighted by atomic mass is 16.2. The van der Waals surface area contributed by atoms with E-state index in [1.165, 1.54) is 0 Å². The second-order valence-corrected chi connectivity index (χ2v) is 6.10. The van der Waals surface area contributed by atoms with E-state index in [4.69, 9.17) is 0 Å². The van der Waals surface area contributed by atoms with E-state index in [1.54, 1.807) is 17.1 Å². The predicted octanol–water partition coefficient (Wildman–Crippen LogP) is 1.51. The maximum atomic E-state index is 12.3. The predicted molar refractivity (Wildman–Crippen MR) is 93.8 cm³/mol. The van der Waals surface area contributed by atoms with Gasteiger partial charge in [0, 0.05) is 19.8 Å². The molecular formula is C17H19N7O. The Hall–Kier alpha value is -3.03. The molecule has 0 bridgehead atoms. The maximum absolute atomic E-state index is 12.3. The minimum atomic E-state index is -0.308. The van der Waals surface area contributed by atoms with Crippen LogP contribution in [-0.4, -0.2) is 43.2 Å². The molecule has 4 rings (SSSR count). The summed E-state index contributed by atoms with van der Waals surface area (Å²) in [7, 11) is 1.83. The molecule has 3 aromatic rings. The van der Waals surface area contributed by atoms with Crippen LogP contribution in [0.2, 0.25) is 0 Å². The van der Waals surface area contributed by atoms with Gasteiger partial charge in [-0.15, -0.1) is 0 Å². The Morgan fingerprint density at radius 3 is 3.04 bits per heavy atom. The van der Waals surface area contributed by atoms with Crippen molar-refractivity contribution < 1.29 is 4.79 Å². The Balaban J connectivity index is 1.78. The van der Waals surface area contributed by atoms with Gasteiger partial charge in [0.05, 0.1) is 11.6 Å². The molecule has 1 saturated heterocycles. The third kappa shape index (κ3) is 3.02. The van der Waals surface area contributed by atoms with Gasteiger partial charge in [-0.3, -0.25) is 14.5 Å². The third-order valence-electron chi connectivity index (χ3n) is 4.33. The van der Waals surface area contributed by atoms with Crippen molar-refractivity contribution in [2.75, 3.05) is 11.9 Å². The van der Waals surface area contributed by atoms with Gasteiger partial charge in [0.15, 0.2) is 11.5 Å². The van der Waals surface area contributed by atoms with E-state index in [0.29, 0.717) is 23.0 Å². The first-order chi connectivity index (χ1) is 12.2. The zero-order valence-corrected chi connectivity index (χ0v) is 13.9. The Labute approximate surface area is 144 Å². The summed E-state index contributed by atoms with van der Waals surface area (Å²) in [5.74, 6) is 1.13. The minimum Gasteiger partial charge on any atom is -0.358 e. The van der Waals surface area contributed by atoms with Gasteiger partial charge in [-0.25, -0.2) is 9.97 Å². The lowest BCUT2D eigenvalue weighted by Crippen LogP contribution is -2.38. The molecule has 3 aromatic heterocycles. The number of rotatable bonds is 3. The quantitative estimate of drug-likeness (QED) is 0.752. The molecular weight excluding hydrogens is 318 g/mol. The molecule has 8 heteroatoms. The van der Waals surface area contributed by atoms with Crippen LogP contribution in [0.5, 0.6) is 0 Å². The molecule has 1 amide bonds. The Kier molecular flexibility index (Phi) is 4.01. The maximum Gasteiger partial charge on any atom is 0.242 e. The van der Waals surface area contributed by atoms with Crippen LogP contribution in [0, 0.1) is 0 Å². The van der Waals surface area contributed by atoms with E-state index in [2.05, 4.69) is 30.7 Å². The monoisotopic (exact) mass is 337 g/mol. The first kappa shape index (κ1) is 15.5. The second kappa shape index (κ2) is 6.46. The van der Waals surface area contributed by atoms with Crippen LogP contribution in [0.15, 0.2) is 30.6 Å². The lowest BCUT2D eigenvalue weighted by atomic mass is 10.1. The van der Waals surface area contributed by atoms with Gasteiger partial charge in [0.2, 0.25) is 5.91 Å². The van der Waals surface area contributed by atoms with Crippen LogP contribution >= 0.6 is 0 Å². The summed E-state index contributed by atoms with van der Waals surface area (Å²) in [6, 6.07) is 5.29. The summed E-state index contributed by atoms with van der Waals surface area (Å²) in [6.45, 7) is 0.724. The highest BCUT2D eigenvalue weighted by Gasteiger charge is 2.23. The summed E-state index contributed by atoms with van der Waals surface area (Å²) in [5, 5.41) is 11.3. The first-order valence-electron chi connectivity index (χ1n) is 8.38. The molecule has 0 unspecified atom stereocenters. The van der Waals surface area contributed by atoms with Crippen molar-refractivity contribution in [3.05, 3.63) is 30.6 Å². The van der Waals surface area contributed by atoms with Crippen LogP contribution in [0.4, 0.5) is 5.82 Å². The van der Waals surface area contributed by atoms with E-state index >= 15 is 0 Å². The van der Waals surface area contributed by atoms with Gasteiger partial charge in [-0.1, -0.05) is 6.07 Å². The van der Waals surface area contributed by atoms with Crippen molar-refractivity contribution in [3.8, 4) is 11.5 Å². The average molecular weight is 337 g/mol.